The van der Waals surface area contributed by atoms with Crippen molar-refractivity contribution in [1.29, 1.82) is 0 Å². The molecule has 2 rings (SSSR count). The SMILES string of the molecule is C=Cc1ccc(COCCCOCCCOCc2ccc(C=C)cc2)cc1. The lowest BCUT2D eigenvalue weighted by molar-refractivity contribution is 0.0564. The van der Waals surface area contributed by atoms with Gasteiger partial charge >= 0.3 is 0 Å². The van der Waals surface area contributed by atoms with E-state index in [0.29, 0.717) is 26.4 Å². The summed E-state index contributed by atoms with van der Waals surface area (Å²) in [7, 11) is 0. The zero-order chi connectivity index (χ0) is 19.2. The third-order valence-electron chi connectivity index (χ3n) is 4.12. The van der Waals surface area contributed by atoms with Gasteiger partial charge in [-0.25, -0.2) is 0 Å². The molecule has 0 aliphatic carbocycles. The summed E-state index contributed by atoms with van der Waals surface area (Å²) in [5, 5.41) is 0. The van der Waals surface area contributed by atoms with E-state index < -0.39 is 0 Å². The van der Waals surface area contributed by atoms with Crippen molar-refractivity contribution in [1.82, 2.24) is 0 Å². The lowest BCUT2D eigenvalue weighted by Gasteiger charge is -2.07. The second kappa shape index (κ2) is 13.0. The second-order valence-corrected chi connectivity index (χ2v) is 6.32. The van der Waals surface area contributed by atoms with E-state index in [0.717, 1.165) is 37.2 Å². The van der Waals surface area contributed by atoms with E-state index in [1.54, 1.807) is 0 Å². The Hall–Kier alpha value is -2.20. The van der Waals surface area contributed by atoms with Gasteiger partial charge in [0.2, 0.25) is 0 Å². The van der Waals surface area contributed by atoms with Gasteiger partial charge in [-0.2, -0.15) is 0 Å². The molecule has 3 nitrogen and oxygen atoms in total. The molecule has 0 atom stereocenters. The van der Waals surface area contributed by atoms with E-state index in [4.69, 9.17) is 14.2 Å². The van der Waals surface area contributed by atoms with Crippen molar-refractivity contribution in [2.75, 3.05) is 26.4 Å². The van der Waals surface area contributed by atoms with E-state index in [1.807, 2.05) is 36.4 Å². The summed E-state index contributed by atoms with van der Waals surface area (Å²) in [6.07, 6.45) is 5.49. The smallest absolute Gasteiger partial charge is 0.0716 e. The first-order chi connectivity index (χ1) is 13.3. The van der Waals surface area contributed by atoms with Crippen LogP contribution in [-0.4, -0.2) is 26.4 Å². The molecule has 0 spiro atoms. The Bertz CT molecular complexity index is 600. The Labute approximate surface area is 163 Å². The third-order valence-corrected chi connectivity index (χ3v) is 4.12. The second-order valence-electron chi connectivity index (χ2n) is 6.32. The zero-order valence-electron chi connectivity index (χ0n) is 16.1. The van der Waals surface area contributed by atoms with Crippen LogP contribution in [0.2, 0.25) is 0 Å². The van der Waals surface area contributed by atoms with Crippen molar-refractivity contribution in [3.05, 3.63) is 83.9 Å². The highest BCUT2D eigenvalue weighted by Gasteiger charge is 1.96. The highest BCUT2D eigenvalue weighted by molar-refractivity contribution is 5.47. The molecule has 0 bridgehead atoms. The fourth-order valence-corrected chi connectivity index (χ4v) is 2.51. The van der Waals surface area contributed by atoms with Gasteiger partial charge in [0.1, 0.15) is 0 Å². The molecule has 27 heavy (non-hydrogen) atoms. The molecule has 144 valence electrons. The first-order valence-electron chi connectivity index (χ1n) is 9.48. The normalized spacial score (nSPS) is 10.7. The van der Waals surface area contributed by atoms with E-state index in [1.165, 1.54) is 11.1 Å². The van der Waals surface area contributed by atoms with E-state index >= 15 is 0 Å². The fraction of sp³-hybridized carbons (Fsp3) is 0.333. The van der Waals surface area contributed by atoms with Gasteiger partial charge in [-0.15, -0.1) is 0 Å². The van der Waals surface area contributed by atoms with Gasteiger partial charge < -0.3 is 14.2 Å². The van der Waals surface area contributed by atoms with Crippen LogP contribution in [0.5, 0.6) is 0 Å². The first kappa shape index (κ1) is 21.1. The lowest BCUT2D eigenvalue weighted by Crippen LogP contribution is -2.05. The molecule has 2 aromatic carbocycles. The number of benzene rings is 2. The molecule has 0 saturated carbocycles. The van der Waals surface area contributed by atoms with Crippen LogP contribution in [0, 0.1) is 0 Å². The van der Waals surface area contributed by atoms with Gasteiger partial charge in [-0.3, -0.25) is 0 Å². The summed E-state index contributed by atoms with van der Waals surface area (Å²) >= 11 is 0. The zero-order valence-corrected chi connectivity index (χ0v) is 16.1. The molecular weight excluding hydrogens is 336 g/mol. The molecule has 0 aliphatic rings. The minimum atomic E-state index is 0.638. The predicted octanol–water partition coefficient (Wildman–Crippen LogP) is 5.50. The molecule has 0 amide bonds. The van der Waals surface area contributed by atoms with Crippen LogP contribution >= 0.6 is 0 Å². The summed E-state index contributed by atoms with van der Waals surface area (Å²) in [6, 6.07) is 16.5. The van der Waals surface area contributed by atoms with E-state index in [2.05, 4.69) is 37.4 Å². The van der Waals surface area contributed by atoms with Crippen LogP contribution < -0.4 is 0 Å². The van der Waals surface area contributed by atoms with Crippen LogP contribution in [0.4, 0.5) is 0 Å². The topological polar surface area (TPSA) is 27.7 Å². The number of rotatable bonds is 14. The summed E-state index contributed by atoms with van der Waals surface area (Å²) in [6.45, 7) is 11.6. The Morgan fingerprint density at radius 3 is 1.30 bits per heavy atom. The maximum absolute atomic E-state index is 5.67. The summed E-state index contributed by atoms with van der Waals surface area (Å²) in [5.74, 6) is 0. The molecule has 2 aromatic rings. The third kappa shape index (κ3) is 8.83. The van der Waals surface area contributed by atoms with E-state index in [9.17, 15) is 0 Å². The molecule has 0 saturated heterocycles. The maximum atomic E-state index is 5.67. The summed E-state index contributed by atoms with van der Waals surface area (Å²) in [4.78, 5) is 0. The summed E-state index contributed by atoms with van der Waals surface area (Å²) in [5.41, 5.74) is 4.61. The molecule has 0 aromatic heterocycles. The van der Waals surface area contributed by atoms with Crippen molar-refractivity contribution in [2.45, 2.75) is 26.1 Å². The highest BCUT2D eigenvalue weighted by Crippen LogP contribution is 2.08. The molecule has 0 fully saturated rings. The molecule has 0 unspecified atom stereocenters. The molecule has 0 N–H and O–H groups in total. The minimum absolute atomic E-state index is 0.638. The van der Waals surface area contributed by atoms with Gasteiger partial charge in [-0.05, 0) is 35.1 Å². The first-order valence-corrected chi connectivity index (χ1v) is 9.48. The standard InChI is InChI=1S/C24H30O3/c1-3-21-7-11-23(12-8-21)19-26-17-5-15-25-16-6-18-27-20-24-13-9-22(4-2)10-14-24/h3-4,7-14H,1-2,5-6,15-20H2. The quantitative estimate of drug-likeness (QED) is 0.413. The number of hydrogen-bond acceptors (Lipinski definition) is 3. The molecule has 0 aliphatic heterocycles. The minimum Gasteiger partial charge on any atom is -0.381 e. The highest BCUT2D eigenvalue weighted by atomic mass is 16.5. The number of hydrogen-bond donors (Lipinski definition) is 0. The van der Waals surface area contributed by atoms with Gasteiger partial charge in [0, 0.05) is 26.4 Å². The Kier molecular flexibility index (Phi) is 10.2. The average molecular weight is 367 g/mol. The largest absolute Gasteiger partial charge is 0.381 e. The van der Waals surface area contributed by atoms with Crippen LogP contribution in [0.1, 0.15) is 35.1 Å². The van der Waals surface area contributed by atoms with Crippen LogP contribution in [0.3, 0.4) is 0 Å². The van der Waals surface area contributed by atoms with Crippen molar-refractivity contribution in [2.24, 2.45) is 0 Å². The maximum Gasteiger partial charge on any atom is 0.0716 e. The van der Waals surface area contributed by atoms with Crippen molar-refractivity contribution in [3.8, 4) is 0 Å². The van der Waals surface area contributed by atoms with E-state index in [-0.39, 0.29) is 0 Å². The van der Waals surface area contributed by atoms with Gasteiger partial charge in [-0.1, -0.05) is 73.8 Å². The molecule has 3 heteroatoms. The fourth-order valence-electron chi connectivity index (χ4n) is 2.51. The monoisotopic (exact) mass is 366 g/mol. The van der Waals surface area contributed by atoms with Gasteiger partial charge in [0.15, 0.2) is 0 Å². The molecule has 0 heterocycles. The Morgan fingerprint density at radius 2 is 0.926 bits per heavy atom. The average Bonchev–Trinajstić information content (AvgIpc) is 2.73. The Morgan fingerprint density at radius 1 is 0.556 bits per heavy atom. The van der Waals surface area contributed by atoms with Crippen molar-refractivity contribution in [3.63, 3.8) is 0 Å². The van der Waals surface area contributed by atoms with Gasteiger partial charge in [0.05, 0.1) is 13.2 Å². The summed E-state index contributed by atoms with van der Waals surface area (Å²) < 4.78 is 17.0. The molecular formula is C24H30O3. The van der Waals surface area contributed by atoms with Crippen molar-refractivity contribution < 1.29 is 14.2 Å². The number of ether oxygens (including phenoxy) is 3. The Balaban J connectivity index is 1.39. The molecule has 0 radical (unpaired) electrons. The van der Waals surface area contributed by atoms with Crippen LogP contribution in [0.25, 0.3) is 12.2 Å². The van der Waals surface area contributed by atoms with Crippen molar-refractivity contribution >= 4 is 12.2 Å². The van der Waals surface area contributed by atoms with Crippen LogP contribution in [0.15, 0.2) is 61.7 Å². The lowest BCUT2D eigenvalue weighted by atomic mass is 10.1. The predicted molar refractivity (Wildman–Crippen MR) is 112 cm³/mol. The van der Waals surface area contributed by atoms with Crippen LogP contribution in [-0.2, 0) is 27.4 Å². The van der Waals surface area contributed by atoms with Gasteiger partial charge in [0.25, 0.3) is 0 Å².